The first-order valence-electron chi connectivity index (χ1n) is 3.75. The van der Waals surface area contributed by atoms with Gasteiger partial charge in [-0.2, -0.15) is 0 Å². The van der Waals surface area contributed by atoms with Gasteiger partial charge < -0.3 is 10.4 Å². The Kier molecular flexibility index (Phi) is 4.00. The van der Waals surface area contributed by atoms with E-state index < -0.39 is 0 Å². The third kappa shape index (κ3) is 3.17. The highest BCUT2D eigenvalue weighted by atomic mass is 35.5. The average molecular weight is 187 g/mol. The van der Waals surface area contributed by atoms with Crippen molar-refractivity contribution in [2.75, 3.05) is 13.2 Å². The molecule has 0 aromatic carbocycles. The number of pyridine rings is 1. The Morgan fingerprint density at radius 3 is 2.92 bits per heavy atom. The van der Waals surface area contributed by atoms with Crippen molar-refractivity contribution in [1.29, 1.82) is 0 Å². The third-order valence-electron chi connectivity index (χ3n) is 1.38. The molecule has 0 aliphatic heterocycles. The number of aromatic nitrogens is 1. The van der Waals surface area contributed by atoms with Gasteiger partial charge in [-0.15, -0.1) is 0 Å². The highest BCUT2D eigenvalue weighted by Crippen LogP contribution is 2.05. The summed E-state index contributed by atoms with van der Waals surface area (Å²) in [6.07, 6.45) is 1.61. The molecule has 2 N–H and O–H groups in total. The van der Waals surface area contributed by atoms with Crippen molar-refractivity contribution in [2.24, 2.45) is 0 Å². The van der Waals surface area contributed by atoms with E-state index in [2.05, 4.69) is 10.3 Å². The first-order chi connectivity index (χ1) is 5.83. The molecule has 0 aliphatic carbocycles. The summed E-state index contributed by atoms with van der Waals surface area (Å²) in [6, 6.07) is 3.65. The lowest BCUT2D eigenvalue weighted by atomic mass is 10.3. The second-order valence-electron chi connectivity index (χ2n) is 2.37. The lowest BCUT2D eigenvalue weighted by molar-refractivity contribution is 0.291. The van der Waals surface area contributed by atoms with E-state index in [1.165, 1.54) is 0 Å². The van der Waals surface area contributed by atoms with Crippen molar-refractivity contribution >= 4 is 11.6 Å². The molecule has 0 aliphatic rings. The maximum atomic E-state index is 8.48. The van der Waals surface area contributed by atoms with Crippen molar-refractivity contribution < 1.29 is 5.11 Å². The molecule has 0 atom stereocenters. The third-order valence-corrected chi connectivity index (χ3v) is 1.61. The van der Waals surface area contributed by atoms with Gasteiger partial charge in [-0.05, 0) is 12.1 Å². The standard InChI is InChI=1S/C8H11ClN2O/c9-7-1-2-8(11-5-7)6-10-3-4-12/h1-2,5,10,12H,3-4,6H2. The van der Waals surface area contributed by atoms with Crippen LogP contribution in [0.5, 0.6) is 0 Å². The molecule has 0 spiro atoms. The van der Waals surface area contributed by atoms with E-state index in [9.17, 15) is 0 Å². The van der Waals surface area contributed by atoms with Gasteiger partial charge >= 0.3 is 0 Å². The molecule has 0 unspecified atom stereocenters. The van der Waals surface area contributed by atoms with Crippen molar-refractivity contribution in [1.82, 2.24) is 10.3 Å². The van der Waals surface area contributed by atoms with Crippen LogP contribution in [0.4, 0.5) is 0 Å². The highest BCUT2D eigenvalue weighted by Gasteiger charge is 1.92. The minimum atomic E-state index is 0.146. The summed E-state index contributed by atoms with van der Waals surface area (Å²) in [5, 5.41) is 12.1. The van der Waals surface area contributed by atoms with E-state index in [-0.39, 0.29) is 6.61 Å². The van der Waals surface area contributed by atoms with Gasteiger partial charge in [0.1, 0.15) is 0 Å². The molecule has 0 fully saturated rings. The van der Waals surface area contributed by atoms with Crippen LogP contribution in [0.25, 0.3) is 0 Å². The Hall–Kier alpha value is -0.640. The topological polar surface area (TPSA) is 45.1 Å². The van der Waals surface area contributed by atoms with E-state index in [0.29, 0.717) is 18.1 Å². The molecule has 66 valence electrons. The summed E-state index contributed by atoms with van der Waals surface area (Å²) >= 11 is 5.65. The predicted octanol–water partition coefficient (Wildman–Crippen LogP) is 0.817. The molecule has 0 bridgehead atoms. The van der Waals surface area contributed by atoms with Crippen LogP contribution in [0.2, 0.25) is 5.02 Å². The lowest BCUT2D eigenvalue weighted by Crippen LogP contribution is -2.17. The molecule has 1 aromatic heterocycles. The zero-order valence-electron chi connectivity index (χ0n) is 6.63. The Morgan fingerprint density at radius 2 is 2.33 bits per heavy atom. The molecule has 12 heavy (non-hydrogen) atoms. The maximum absolute atomic E-state index is 8.48. The van der Waals surface area contributed by atoms with Crippen LogP contribution in [-0.4, -0.2) is 23.2 Å². The van der Waals surface area contributed by atoms with Gasteiger partial charge in [-0.3, -0.25) is 4.98 Å². The largest absolute Gasteiger partial charge is 0.395 e. The van der Waals surface area contributed by atoms with E-state index in [4.69, 9.17) is 16.7 Å². The number of nitrogens with zero attached hydrogens (tertiary/aromatic N) is 1. The first kappa shape index (κ1) is 9.45. The van der Waals surface area contributed by atoms with Gasteiger partial charge in [0.2, 0.25) is 0 Å². The SMILES string of the molecule is OCCNCc1ccc(Cl)cn1. The van der Waals surface area contributed by atoms with Gasteiger partial charge in [0, 0.05) is 19.3 Å². The molecule has 0 radical (unpaired) electrons. The number of aliphatic hydroxyl groups excluding tert-OH is 1. The van der Waals surface area contributed by atoms with E-state index in [0.717, 1.165) is 5.69 Å². The van der Waals surface area contributed by atoms with Gasteiger partial charge in [0.25, 0.3) is 0 Å². The van der Waals surface area contributed by atoms with E-state index in [1.54, 1.807) is 12.3 Å². The smallest absolute Gasteiger partial charge is 0.0589 e. The zero-order valence-corrected chi connectivity index (χ0v) is 7.38. The molecule has 1 aromatic rings. The fourth-order valence-electron chi connectivity index (χ4n) is 0.807. The zero-order chi connectivity index (χ0) is 8.81. The minimum absolute atomic E-state index is 0.146. The van der Waals surface area contributed by atoms with Crippen LogP contribution in [0.1, 0.15) is 5.69 Å². The van der Waals surface area contributed by atoms with Gasteiger partial charge in [-0.25, -0.2) is 0 Å². The Bertz CT molecular complexity index is 225. The Balaban J connectivity index is 2.37. The summed E-state index contributed by atoms with van der Waals surface area (Å²) < 4.78 is 0. The first-order valence-corrected chi connectivity index (χ1v) is 4.12. The summed E-state index contributed by atoms with van der Waals surface area (Å²) in [7, 11) is 0. The van der Waals surface area contributed by atoms with Crippen LogP contribution in [-0.2, 0) is 6.54 Å². The predicted molar refractivity (Wildman–Crippen MR) is 48.0 cm³/mol. The van der Waals surface area contributed by atoms with Crippen LogP contribution >= 0.6 is 11.6 Å². The molecular formula is C8H11ClN2O. The fraction of sp³-hybridized carbons (Fsp3) is 0.375. The fourth-order valence-corrected chi connectivity index (χ4v) is 0.918. The van der Waals surface area contributed by atoms with Crippen molar-refractivity contribution in [2.45, 2.75) is 6.54 Å². The lowest BCUT2D eigenvalue weighted by Gasteiger charge is -2.01. The second-order valence-corrected chi connectivity index (χ2v) is 2.80. The van der Waals surface area contributed by atoms with E-state index in [1.807, 2.05) is 6.07 Å². The summed E-state index contributed by atoms with van der Waals surface area (Å²) in [5.74, 6) is 0. The highest BCUT2D eigenvalue weighted by molar-refractivity contribution is 6.30. The van der Waals surface area contributed by atoms with Gasteiger partial charge in [-0.1, -0.05) is 11.6 Å². The van der Waals surface area contributed by atoms with Crippen molar-refractivity contribution in [3.05, 3.63) is 29.0 Å². The molecule has 0 saturated carbocycles. The quantitative estimate of drug-likeness (QED) is 0.685. The van der Waals surface area contributed by atoms with Crippen LogP contribution in [0.15, 0.2) is 18.3 Å². The molecular weight excluding hydrogens is 176 g/mol. The monoisotopic (exact) mass is 186 g/mol. The second kappa shape index (κ2) is 5.09. The number of hydrogen-bond acceptors (Lipinski definition) is 3. The molecule has 1 rings (SSSR count). The van der Waals surface area contributed by atoms with Crippen LogP contribution < -0.4 is 5.32 Å². The number of halogens is 1. The van der Waals surface area contributed by atoms with E-state index >= 15 is 0 Å². The Morgan fingerprint density at radius 1 is 1.50 bits per heavy atom. The number of rotatable bonds is 4. The number of aliphatic hydroxyl groups is 1. The normalized spacial score (nSPS) is 10.2. The molecule has 0 saturated heterocycles. The number of hydrogen-bond donors (Lipinski definition) is 2. The minimum Gasteiger partial charge on any atom is -0.395 e. The molecule has 4 heteroatoms. The van der Waals surface area contributed by atoms with Crippen LogP contribution in [0, 0.1) is 0 Å². The molecule has 0 amide bonds. The maximum Gasteiger partial charge on any atom is 0.0589 e. The Labute approximate surface area is 76.4 Å². The van der Waals surface area contributed by atoms with Gasteiger partial charge in [0.05, 0.1) is 17.3 Å². The molecule has 3 nitrogen and oxygen atoms in total. The number of nitrogens with one attached hydrogen (secondary N) is 1. The summed E-state index contributed by atoms with van der Waals surface area (Å²) in [6.45, 7) is 1.40. The summed E-state index contributed by atoms with van der Waals surface area (Å²) in [4.78, 5) is 4.07. The molecule has 1 heterocycles. The average Bonchev–Trinajstić information content (AvgIpc) is 2.09. The van der Waals surface area contributed by atoms with Crippen LogP contribution in [0.3, 0.4) is 0 Å². The van der Waals surface area contributed by atoms with Crippen molar-refractivity contribution in [3.8, 4) is 0 Å². The van der Waals surface area contributed by atoms with Crippen molar-refractivity contribution in [3.63, 3.8) is 0 Å². The summed E-state index contributed by atoms with van der Waals surface area (Å²) in [5.41, 5.74) is 0.924. The van der Waals surface area contributed by atoms with Gasteiger partial charge in [0.15, 0.2) is 0 Å².